The first-order chi connectivity index (χ1) is 11.5. The molecule has 1 atom stereocenters. The average Bonchev–Trinajstić information content (AvgIpc) is 2.61. The van der Waals surface area contributed by atoms with Crippen LogP contribution in [0.3, 0.4) is 0 Å². The highest BCUT2D eigenvalue weighted by Crippen LogP contribution is 2.32. The molecule has 0 heterocycles. The van der Waals surface area contributed by atoms with Crippen LogP contribution in [0.25, 0.3) is 6.08 Å². The smallest absolute Gasteiger partial charge is 0.259 e. The Labute approximate surface area is 140 Å². The topological polar surface area (TPSA) is 85.3 Å². The number of carbonyl (C=O) groups excluding carboxylic acids is 1. The van der Waals surface area contributed by atoms with Crippen LogP contribution in [0.4, 0.5) is 0 Å². The zero-order valence-electron chi connectivity index (χ0n) is 13.5. The van der Waals surface area contributed by atoms with E-state index in [-0.39, 0.29) is 11.7 Å². The number of ether oxygens (including phenoxy) is 2. The lowest BCUT2D eigenvalue weighted by molar-refractivity contribution is -0.114. The number of nitrogens with zero attached hydrogens (tertiary/aromatic N) is 1. The van der Waals surface area contributed by atoms with Crippen molar-refractivity contribution in [2.75, 3.05) is 7.11 Å². The van der Waals surface area contributed by atoms with Gasteiger partial charge in [0, 0.05) is 0 Å². The van der Waals surface area contributed by atoms with Gasteiger partial charge >= 0.3 is 0 Å². The number of primary amides is 1. The van der Waals surface area contributed by atoms with E-state index in [2.05, 4.69) is 0 Å². The SMILES string of the molecule is COc1cc(/C=C(\C#N)C(N)=O)ccc1OC(C)c1ccccc1. The fourth-order valence-corrected chi connectivity index (χ4v) is 2.18. The molecule has 0 bridgehead atoms. The van der Waals surface area contributed by atoms with Gasteiger partial charge in [0.15, 0.2) is 11.5 Å². The predicted molar refractivity (Wildman–Crippen MR) is 91.3 cm³/mol. The summed E-state index contributed by atoms with van der Waals surface area (Å²) in [6, 6.07) is 16.8. The number of hydrogen-bond donors (Lipinski definition) is 1. The van der Waals surface area contributed by atoms with Gasteiger partial charge in [0.2, 0.25) is 0 Å². The van der Waals surface area contributed by atoms with Gasteiger partial charge in [-0.25, -0.2) is 0 Å². The number of methoxy groups -OCH3 is 1. The van der Waals surface area contributed by atoms with E-state index in [1.165, 1.54) is 13.2 Å². The molecule has 5 heteroatoms. The maximum atomic E-state index is 11.1. The first-order valence-electron chi connectivity index (χ1n) is 7.36. The number of rotatable bonds is 6. The Morgan fingerprint density at radius 3 is 2.50 bits per heavy atom. The molecule has 2 aromatic rings. The molecular weight excluding hydrogens is 304 g/mol. The van der Waals surface area contributed by atoms with Crippen molar-refractivity contribution < 1.29 is 14.3 Å². The standard InChI is InChI=1S/C19H18N2O3/c1-13(15-6-4-3-5-7-15)24-17-9-8-14(11-18(17)23-2)10-16(12-20)19(21)22/h3-11,13H,1-2H3,(H2,21,22)/b16-10+. The van der Waals surface area contributed by atoms with Gasteiger partial charge in [-0.05, 0) is 36.3 Å². The summed E-state index contributed by atoms with van der Waals surface area (Å²) in [5.74, 6) is 0.311. The van der Waals surface area contributed by atoms with Crippen LogP contribution < -0.4 is 15.2 Å². The van der Waals surface area contributed by atoms with Crippen molar-refractivity contribution in [3.05, 3.63) is 65.2 Å². The molecule has 0 saturated carbocycles. The highest BCUT2D eigenvalue weighted by molar-refractivity contribution is 6.00. The first kappa shape index (κ1) is 17.1. The molecule has 0 aromatic heterocycles. The van der Waals surface area contributed by atoms with Crippen LogP contribution in [-0.2, 0) is 4.79 Å². The highest BCUT2D eigenvalue weighted by Gasteiger charge is 2.12. The van der Waals surface area contributed by atoms with E-state index in [1.807, 2.05) is 37.3 Å². The Morgan fingerprint density at radius 1 is 1.21 bits per heavy atom. The largest absolute Gasteiger partial charge is 0.493 e. The lowest BCUT2D eigenvalue weighted by Crippen LogP contribution is -2.12. The molecule has 1 amide bonds. The summed E-state index contributed by atoms with van der Waals surface area (Å²) >= 11 is 0. The Balaban J connectivity index is 2.27. The van der Waals surface area contributed by atoms with Crippen molar-refractivity contribution in [3.8, 4) is 17.6 Å². The van der Waals surface area contributed by atoms with Crippen LogP contribution in [0, 0.1) is 11.3 Å². The van der Waals surface area contributed by atoms with Crippen LogP contribution in [0.15, 0.2) is 54.1 Å². The molecule has 122 valence electrons. The van der Waals surface area contributed by atoms with Crippen LogP contribution in [0.2, 0.25) is 0 Å². The van der Waals surface area contributed by atoms with Gasteiger partial charge in [-0.1, -0.05) is 36.4 Å². The monoisotopic (exact) mass is 322 g/mol. The number of amides is 1. The van der Waals surface area contributed by atoms with E-state index >= 15 is 0 Å². The minimum Gasteiger partial charge on any atom is -0.493 e. The molecule has 0 aliphatic rings. The van der Waals surface area contributed by atoms with Gasteiger partial charge in [-0.15, -0.1) is 0 Å². The van der Waals surface area contributed by atoms with Gasteiger partial charge < -0.3 is 15.2 Å². The summed E-state index contributed by atoms with van der Waals surface area (Å²) in [7, 11) is 1.53. The van der Waals surface area contributed by atoms with E-state index in [4.69, 9.17) is 20.5 Å². The van der Waals surface area contributed by atoms with E-state index in [9.17, 15) is 4.79 Å². The van der Waals surface area contributed by atoms with Crippen molar-refractivity contribution in [2.45, 2.75) is 13.0 Å². The second-order valence-corrected chi connectivity index (χ2v) is 5.12. The highest BCUT2D eigenvalue weighted by atomic mass is 16.5. The molecule has 2 aromatic carbocycles. The molecule has 5 nitrogen and oxygen atoms in total. The van der Waals surface area contributed by atoms with Gasteiger partial charge in [-0.3, -0.25) is 4.79 Å². The van der Waals surface area contributed by atoms with Crippen LogP contribution in [0.5, 0.6) is 11.5 Å². The Kier molecular flexibility index (Phi) is 5.58. The number of carbonyl (C=O) groups is 1. The number of hydrogen-bond acceptors (Lipinski definition) is 4. The zero-order valence-corrected chi connectivity index (χ0v) is 13.5. The molecule has 0 aliphatic heterocycles. The molecule has 0 radical (unpaired) electrons. The maximum Gasteiger partial charge on any atom is 0.259 e. The van der Waals surface area contributed by atoms with Crippen LogP contribution in [0.1, 0.15) is 24.2 Å². The van der Waals surface area contributed by atoms with Crippen molar-refractivity contribution in [3.63, 3.8) is 0 Å². The fraction of sp³-hybridized carbons (Fsp3) is 0.158. The maximum absolute atomic E-state index is 11.1. The first-order valence-corrected chi connectivity index (χ1v) is 7.36. The predicted octanol–water partition coefficient (Wildman–Crippen LogP) is 3.23. The number of nitrogens with two attached hydrogens (primary N) is 1. The molecule has 2 rings (SSSR count). The van der Waals surface area contributed by atoms with Gasteiger partial charge in [0.1, 0.15) is 17.7 Å². The van der Waals surface area contributed by atoms with E-state index < -0.39 is 5.91 Å². The molecule has 24 heavy (non-hydrogen) atoms. The van der Waals surface area contributed by atoms with E-state index in [0.29, 0.717) is 17.1 Å². The molecule has 0 aliphatic carbocycles. The van der Waals surface area contributed by atoms with E-state index in [0.717, 1.165) is 5.56 Å². The lowest BCUT2D eigenvalue weighted by atomic mass is 10.1. The Hall–Kier alpha value is -3.26. The van der Waals surface area contributed by atoms with Crippen molar-refractivity contribution >= 4 is 12.0 Å². The summed E-state index contributed by atoms with van der Waals surface area (Å²) in [5.41, 5.74) is 6.69. The van der Waals surface area contributed by atoms with Crippen LogP contribution >= 0.6 is 0 Å². The Morgan fingerprint density at radius 2 is 1.92 bits per heavy atom. The van der Waals surface area contributed by atoms with Gasteiger partial charge in [-0.2, -0.15) is 5.26 Å². The van der Waals surface area contributed by atoms with Crippen molar-refractivity contribution in [1.82, 2.24) is 0 Å². The lowest BCUT2D eigenvalue weighted by Gasteiger charge is -2.17. The second-order valence-electron chi connectivity index (χ2n) is 5.12. The third kappa shape index (κ3) is 4.14. The number of nitriles is 1. The molecule has 0 saturated heterocycles. The second kappa shape index (κ2) is 7.84. The Bertz CT molecular complexity index is 792. The fourth-order valence-electron chi connectivity index (χ4n) is 2.18. The number of benzene rings is 2. The van der Waals surface area contributed by atoms with Crippen LogP contribution in [-0.4, -0.2) is 13.0 Å². The van der Waals surface area contributed by atoms with Gasteiger partial charge in [0.25, 0.3) is 5.91 Å². The minimum absolute atomic E-state index is 0.122. The summed E-state index contributed by atoms with van der Waals surface area (Å²) in [6.45, 7) is 1.95. The van der Waals surface area contributed by atoms with Crippen molar-refractivity contribution in [2.24, 2.45) is 5.73 Å². The average molecular weight is 322 g/mol. The third-order valence-corrected chi connectivity index (χ3v) is 3.46. The van der Waals surface area contributed by atoms with Gasteiger partial charge in [0.05, 0.1) is 7.11 Å². The summed E-state index contributed by atoms with van der Waals surface area (Å²) in [6.07, 6.45) is 1.26. The molecular formula is C19H18N2O3. The summed E-state index contributed by atoms with van der Waals surface area (Å²) in [5, 5.41) is 8.91. The minimum atomic E-state index is -0.769. The summed E-state index contributed by atoms with van der Waals surface area (Å²) < 4.78 is 11.3. The quantitative estimate of drug-likeness (QED) is 0.653. The third-order valence-electron chi connectivity index (χ3n) is 3.46. The molecule has 2 N–H and O–H groups in total. The zero-order chi connectivity index (χ0) is 17.5. The molecule has 0 spiro atoms. The van der Waals surface area contributed by atoms with Crippen molar-refractivity contribution in [1.29, 1.82) is 5.26 Å². The normalized spacial score (nSPS) is 12.1. The molecule has 0 fully saturated rings. The summed E-state index contributed by atoms with van der Waals surface area (Å²) in [4.78, 5) is 11.1. The molecule has 1 unspecified atom stereocenters. The van der Waals surface area contributed by atoms with E-state index in [1.54, 1.807) is 24.3 Å².